The first kappa shape index (κ1) is 14.2. The van der Waals surface area contributed by atoms with Gasteiger partial charge in [0.1, 0.15) is 5.75 Å². The minimum atomic E-state index is -0.366. The van der Waals surface area contributed by atoms with Gasteiger partial charge in [-0.2, -0.15) is 0 Å². The Labute approximate surface area is 126 Å². The van der Waals surface area contributed by atoms with Crippen LogP contribution in [0, 0.1) is 5.92 Å². The van der Waals surface area contributed by atoms with Crippen molar-refractivity contribution in [2.24, 2.45) is 5.92 Å². The summed E-state index contributed by atoms with van der Waals surface area (Å²) in [6.07, 6.45) is 3.81. The topological polar surface area (TPSA) is 29.5 Å². The minimum absolute atomic E-state index is 0.278. The zero-order valence-corrected chi connectivity index (χ0v) is 12.5. The summed E-state index contributed by atoms with van der Waals surface area (Å²) in [4.78, 5) is 0. The van der Waals surface area contributed by atoms with E-state index in [1.165, 1.54) is 11.1 Å². The maximum Gasteiger partial charge on any atom is 0.119 e. The molecule has 0 bridgehead atoms. The van der Waals surface area contributed by atoms with Crippen LogP contribution in [0.5, 0.6) is 5.75 Å². The molecule has 3 rings (SSSR count). The van der Waals surface area contributed by atoms with Gasteiger partial charge in [-0.25, -0.2) is 0 Å². The highest BCUT2D eigenvalue weighted by molar-refractivity contribution is 5.32. The monoisotopic (exact) mass is 282 g/mol. The van der Waals surface area contributed by atoms with E-state index < -0.39 is 0 Å². The number of aryl methyl sites for hydroxylation is 1. The Morgan fingerprint density at radius 2 is 2.00 bits per heavy atom. The van der Waals surface area contributed by atoms with Gasteiger partial charge in [-0.3, -0.25) is 0 Å². The van der Waals surface area contributed by atoms with Gasteiger partial charge in [0.25, 0.3) is 0 Å². The molecule has 2 aromatic rings. The summed E-state index contributed by atoms with van der Waals surface area (Å²) in [6, 6.07) is 16.5. The van der Waals surface area contributed by atoms with Crippen LogP contribution in [0.3, 0.4) is 0 Å². The van der Waals surface area contributed by atoms with Crippen LogP contribution in [0.25, 0.3) is 0 Å². The van der Waals surface area contributed by atoms with Crippen LogP contribution in [-0.2, 0) is 12.8 Å². The van der Waals surface area contributed by atoms with Crippen molar-refractivity contribution in [3.05, 3.63) is 65.2 Å². The lowest BCUT2D eigenvalue weighted by Gasteiger charge is -2.22. The van der Waals surface area contributed by atoms with E-state index >= 15 is 0 Å². The minimum Gasteiger partial charge on any atom is -0.497 e. The molecule has 0 heterocycles. The van der Waals surface area contributed by atoms with Crippen LogP contribution in [0.15, 0.2) is 48.5 Å². The number of aliphatic hydroxyl groups is 1. The van der Waals surface area contributed by atoms with Crippen LogP contribution < -0.4 is 4.74 Å². The molecule has 0 aromatic heterocycles. The fourth-order valence-corrected chi connectivity index (χ4v) is 3.33. The predicted octanol–water partition coefficient (Wildman–Crippen LogP) is 3.92. The Balaban J connectivity index is 1.82. The summed E-state index contributed by atoms with van der Waals surface area (Å²) in [5.41, 5.74) is 3.65. The standard InChI is InChI=1S/C19H22O2/c1-21-17-10-4-6-14(13-17)12-16-9-5-8-15-7-2-3-11-18(15)19(16)20/h2-4,6-7,10-11,13,16,19-20H,5,8-9,12H2,1H3/t16-,19+/m1/s1. The average Bonchev–Trinajstić information content (AvgIpc) is 2.68. The fraction of sp³-hybridized carbons (Fsp3) is 0.368. The van der Waals surface area contributed by atoms with E-state index in [1.54, 1.807) is 7.11 Å². The average molecular weight is 282 g/mol. The van der Waals surface area contributed by atoms with Gasteiger partial charge < -0.3 is 9.84 Å². The first-order valence-electron chi connectivity index (χ1n) is 7.66. The smallest absolute Gasteiger partial charge is 0.119 e. The Bertz CT molecular complexity index is 606. The second-order valence-corrected chi connectivity index (χ2v) is 5.85. The zero-order chi connectivity index (χ0) is 14.7. The van der Waals surface area contributed by atoms with Gasteiger partial charge in [-0.15, -0.1) is 0 Å². The molecule has 0 aliphatic heterocycles. The maximum atomic E-state index is 10.8. The van der Waals surface area contributed by atoms with Crippen molar-refractivity contribution < 1.29 is 9.84 Å². The highest BCUT2D eigenvalue weighted by Crippen LogP contribution is 2.35. The van der Waals surface area contributed by atoms with Crippen molar-refractivity contribution in [2.45, 2.75) is 31.8 Å². The molecule has 0 fully saturated rings. The van der Waals surface area contributed by atoms with E-state index in [1.807, 2.05) is 18.2 Å². The number of methoxy groups -OCH3 is 1. The fourth-order valence-electron chi connectivity index (χ4n) is 3.33. The van der Waals surface area contributed by atoms with E-state index in [2.05, 4.69) is 30.3 Å². The largest absolute Gasteiger partial charge is 0.497 e. The van der Waals surface area contributed by atoms with Crippen molar-refractivity contribution in [3.8, 4) is 5.75 Å². The number of fused-ring (bicyclic) bond motifs is 1. The number of aliphatic hydroxyl groups excluding tert-OH is 1. The van der Waals surface area contributed by atoms with E-state index in [4.69, 9.17) is 4.74 Å². The molecule has 2 atom stereocenters. The Morgan fingerprint density at radius 1 is 1.14 bits per heavy atom. The molecule has 0 radical (unpaired) electrons. The first-order valence-corrected chi connectivity index (χ1v) is 7.66. The maximum absolute atomic E-state index is 10.8. The third-order valence-corrected chi connectivity index (χ3v) is 4.47. The van der Waals surface area contributed by atoms with Crippen molar-refractivity contribution >= 4 is 0 Å². The van der Waals surface area contributed by atoms with Crippen LogP contribution >= 0.6 is 0 Å². The van der Waals surface area contributed by atoms with Gasteiger partial charge in [0, 0.05) is 0 Å². The second-order valence-electron chi connectivity index (χ2n) is 5.85. The summed E-state index contributed by atoms with van der Waals surface area (Å²) in [5, 5.41) is 10.8. The van der Waals surface area contributed by atoms with Gasteiger partial charge in [0.2, 0.25) is 0 Å². The Morgan fingerprint density at radius 3 is 2.86 bits per heavy atom. The number of ether oxygens (including phenoxy) is 1. The van der Waals surface area contributed by atoms with E-state index in [-0.39, 0.29) is 12.0 Å². The summed E-state index contributed by atoms with van der Waals surface area (Å²) in [6.45, 7) is 0. The second kappa shape index (κ2) is 6.31. The summed E-state index contributed by atoms with van der Waals surface area (Å²) < 4.78 is 5.29. The predicted molar refractivity (Wildman–Crippen MR) is 84.5 cm³/mol. The molecule has 0 saturated heterocycles. The molecular weight excluding hydrogens is 260 g/mol. The van der Waals surface area contributed by atoms with Crippen LogP contribution in [0.4, 0.5) is 0 Å². The van der Waals surface area contributed by atoms with E-state index in [0.717, 1.165) is 37.0 Å². The molecule has 1 N–H and O–H groups in total. The molecule has 0 amide bonds. The Hall–Kier alpha value is -1.80. The van der Waals surface area contributed by atoms with Gasteiger partial charge in [0.15, 0.2) is 0 Å². The normalized spacial score (nSPS) is 21.4. The zero-order valence-electron chi connectivity index (χ0n) is 12.5. The SMILES string of the molecule is COc1cccc(C[C@H]2CCCc3ccccc3[C@H]2O)c1. The number of rotatable bonds is 3. The number of benzene rings is 2. The van der Waals surface area contributed by atoms with E-state index in [9.17, 15) is 5.11 Å². The van der Waals surface area contributed by atoms with Crippen molar-refractivity contribution in [1.29, 1.82) is 0 Å². The molecule has 0 unspecified atom stereocenters. The van der Waals surface area contributed by atoms with Gasteiger partial charge in [-0.05, 0) is 60.4 Å². The van der Waals surface area contributed by atoms with E-state index in [0.29, 0.717) is 0 Å². The first-order chi connectivity index (χ1) is 10.3. The number of hydrogen-bond donors (Lipinski definition) is 1. The van der Waals surface area contributed by atoms with Crippen LogP contribution in [-0.4, -0.2) is 12.2 Å². The molecule has 21 heavy (non-hydrogen) atoms. The van der Waals surface area contributed by atoms with Crippen LogP contribution in [0.1, 0.15) is 35.6 Å². The van der Waals surface area contributed by atoms with Crippen molar-refractivity contribution in [2.75, 3.05) is 7.11 Å². The lowest BCUT2D eigenvalue weighted by Crippen LogP contribution is -2.14. The highest BCUT2D eigenvalue weighted by atomic mass is 16.5. The molecule has 1 aliphatic carbocycles. The summed E-state index contributed by atoms with van der Waals surface area (Å²) in [7, 11) is 1.69. The molecule has 2 nitrogen and oxygen atoms in total. The third kappa shape index (κ3) is 3.11. The molecule has 2 aromatic carbocycles. The molecule has 110 valence electrons. The quantitative estimate of drug-likeness (QED) is 0.865. The molecule has 1 aliphatic rings. The number of hydrogen-bond acceptors (Lipinski definition) is 2. The van der Waals surface area contributed by atoms with Crippen molar-refractivity contribution in [3.63, 3.8) is 0 Å². The highest BCUT2D eigenvalue weighted by Gasteiger charge is 2.25. The molecule has 0 saturated carbocycles. The third-order valence-electron chi connectivity index (χ3n) is 4.47. The molecule has 2 heteroatoms. The molecular formula is C19H22O2. The van der Waals surface area contributed by atoms with Crippen LogP contribution in [0.2, 0.25) is 0 Å². The Kier molecular flexibility index (Phi) is 4.26. The van der Waals surface area contributed by atoms with Crippen molar-refractivity contribution in [1.82, 2.24) is 0 Å². The lowest BCUT2D eigenvalue weighted by molar-refractivity contribution is 0.105. The summed E-state index contributed by atoms with van der Waals surface area (Å²) in [5.74, 6) is 1.16. The van der Waals surface area contributed by atoms with Gasteiger partial charge >= 0.3 is 0 Å². The van der Waals surface area contributed by atoms with Gasteiger partial charge in [-0.1, -0.05) is 36.4 Å². The van der Waals surface area contributed by atoms with Gasteiger partial charge in [0.05, 0.1) is 13.2 Å². The summed E-state index contributed by atoms with van der Waals surface area (Å²) >= 11 is 0. The molecule has 0 spiro atoms. The lowest BCUT2D eigenvalue weighted by atomic mass is 9.88.